The molecule has 0 radical (unpaired) electrons. The van der Waals surface area contributed by atoms with Gasteiger partial charge in [-0.05, 0) is 50.1 Å². The molecule has 1 aliphatic heterocycles. The molecule has 0 aliphatic carbocycles. The topological polar surface area (TPSA) is 49.4 Å². The van der Waals surface area contributed by atoms with Crippen molar-refractivity contribution in [2.45, 2.75) is 30.7 Å². The fourth-order valence-corrected chi connectivity index (χ4v) is 3.99. The van der Waals surface area contributed by atoms with E-state index in [2.05, 4.69) is 5.32 Å². The molecule has 19 heavy (non-hydrogen) atoms. The van der Waals surface area contributed by atoms with Crippen LogP contribution >= 0.6 is 0 Å². The van der Waals surface area contributed by atoms with Crippen LogP contribution in [0.5, 0.6) is 0 Å². The van der Waals surface area contributed by atoms with Crippen LogP contribution in [0.15, 0.2) is 23.1 Å². The molecular formula is C13H19FN2O2S. The summed E-state index contributed by atoms with van der Waals surface area (Å²) in [5.74, 6) is -0.418. The van der Waals surface area contributed by atoms with Crippen LogP contribution in [0.2, 0.25) is 0 Å². The van der Waals surface area contributed by atoms with E-state index in [1.807, 2.05) is 0 Å². The minimum atomic E-state index is -3.56. The smallest absolute Gasteiger partial charge is 0.243 e. The zero-order valence-corrected chi connectivity index (χ0v) is 12.0. The van der Waals surface area contributed by atoms with E-state index < -0.39 is 15.8 Å². The van der Waals surface area contributed by atoms with E-state index in [0.717, 1.165) is 19.4 Å². The Kier molecular flexibility index (Phi) is 4.23. The van der Waals surface area contributed by atoms with Crippen molar-refractivity contribution in [2.75, 3.05) is 20.1 Å². The van der Waals surface area contributed by atoms with Crippen LogP contribution in [-0.2, 0) is 10.0 Å². The summed E-state index contributed by atoms with van der Waals surface area (Å²) in [6.45, 7) is 3.21. The number of nitrogens with one attached hydrogen (secondary N) is 1. The molecule has 0 saturated carbocycles. The Labute approximate surface area is 113 Å². The van der Waals surface area contributed by atoms with Crippen LogP contribution in [0, 0.1) is 12.7 Å². The van der Waals surface area contributed by atoms with Crippen LogP contribution in [0.3, 0.4) is 0 Å². The Morgan fingerprint density at radius 3 is 2.74 bits per heavy atom. The second-order valence-corrected chi connectivity index (χ2v) is 6.90. The van der Waals surface area contributed by atoms with E-state index in [9.17, 15) is 12.8 Å². The summed E-state index contributed by atoms with van der Waals surface area (Å²) in [6.07, 6.45) is 1.82. The monoisotopic (exact) mass is 286 g/mol. The van der Waals surface area contributed by atoms with Crippen LogP contribution in [0.1, 0.15) is 18.4 Å². The largest absolute Gasteiger partial charge is 0.315 e. The number of benzene rings is 1. The summed E-state index contributed by atoms with van der Waals surface area (Å²) in [7, 11) is -1.97. The van der Waals surface area contributed by atoms with Gasteiger partial charge in [-0.2, -0.15) is 4.31 Å². The van der Waals surface area contributed by atoms with Crippen LogP contribution in [-0.4, -0.2) is 38.9 Å². The molecule has 1 unspecified atom stereocenters. The molecule has 1 fully saturated rings. The third-order valence-electron chi connectivity index (χ3n) is 3.58. The number of halogens is 1. The second kappa shape index (κ2) is 5.56. The minimum absolute atomic E-state index is 0.0387. The van der Waals surface area contributed by atoms with Crippen molar-refractivity contribution in [3.05, 3.63) is 29.6 Å². The molecule has 2 rings (SSSR count). The zero-order valence-electron chi connectivity index (χ0n) is 11.2. The van der Waals surface area contributed by atoms with Gasteiger partial charge in [-0.1, -0.05) is 0 Å². The summed E-state index contributed by atoms with van der Waals surface area (Å²) in [6, 6.07) is 3.74. The molecule has 1 atom stereocenters. The predicted octanol–water partition coefficient (Wildman–Crippen LogP) is 1.51. The van der Waals surface area contributed by atoms with Crippen molar-refractivity contribution in [2.24, 2.45) is 0 Å². The lowest BCUT2D eigenvalue weighted by molar-refractivity contribution is 0.300. The maximum atomic E-state index is 13.1. The first kappa shape index (κ1) is 14.4. The molecule has 0 aromatic heterocycles. The number of piperidine rings is 1. The quantitative estimate of drug-likeness (QED) is 0.916. The maximum absolute atomic E-state index is 13.1. The van der Waals surface area contributed by atoms with Gasteiger partial charge in [0, 0.05) is 19.6 Å². The molecule has 6 heteroatoms. The molecule has 1 N–H and O–H groups in total. The van der Waals surface area contributed by atoms with Gasteiger partial charge in [0.05, 0.1) is 4.90 Å². The van der Waals surface area contributed by atoms with E-state index in [4.69, 9.17) is 0 Å². The van der Waals surface area contributed by atoms with E-state index in [-0.39, 0.29) is 10.9 Å². The lowest BCUT2D eigenvalue weighted by Gasteiger charge is -2.31. The first-order valence-corrected chi connectivity index (χ1v) is 7.82. The van der Waals surface area contributed by atoms with Gasteiger partial charge >= 0.3 is 0 Å². The SMILES string of the molecule is Cc1cc(F)ccc1S(=O)(=O)N(C)C1CCCNC1. The van der Waals surface area contributed by atoms with Crippen LogP contribution in [0.4, 0.5) is 4.39 Å². The molecule has 106 valence electrons. The molecular weight excluding hydrogens is 267 g/mol. The highest BCUT2D eigenvalue weighted by molar-refractivity contribution is 7.89. The molecule has 1 aromatic carbocycles. The number of aryl methyl sites for hydroxylation is 1. The summed E-state index contributed by atoms with van der Waals surface area (Å²) < 4.78 is 39.6. The Balaban J connectivity index is 2.30. The van der Waals surface area contributed by atoms with Crippen LogP contribution < -0.4 is 5.32 Å². The van der Waals surface area contributed by atoms with Gasteiger partial charge in [-0.15, -0.1) is 0 Å². The summed E-state index contributed by atoms with van der Waals surface area (Å²) in [5, 5.41) is 3.20. The lowest BCUT2D eigenvalue weighted by atomic mass is 10.1. The van der Waals surface area contributed by atoms with Gasteiger partial charge < -0.3 is 5.32 Å². The van der Waals surface area contributed by atoms with Crippen molar-refractivity contribution in [3.63, 3.8) is 0 Å². The number of hydrogen-bond donors (Lipinski definition) is 1. The van der Waals surface area contributed by atoms with E-state index in [1.54, 1.807) is 14.0 Å². The van der Waals surface area contributed by atoms with Crippen molar-refractivity contribution in [1.29, 1.82) is 0 Å². The molecule has 0 amide bonds. The maximum Gasteiger partial charge on any atom is 0.243 e. The van der Waals surface area contributed by atoms with Gasteiger partial charge in [0.25, 0.3) is 0 Å². The molecule has 0 spiro atoms. The minimum Gasteiger partial charge on any atom is -0.315 e. The average Bonchev–Trinajstić information content (AvgIpc) is 2.38. The molecule has 1 saturated heterocycles. The third-order valence-corrected chi connectivity index (χ3v) is 5.65. The van der Waals surface area contributed by atoms with Gasteiger partial charge in [0.2, 0.25) is 10.0 Å². The highest BCUT2D eigenvalue weighted by atomic mass is 32.2. The molecule has 1 aliphatic rings. The molecule has 1 heterocycles. The number of sulfonamides is 1. The summed E-state index contributed by atoms with van der Waals surface area (Å²) in [5.41, 5.74) is 0.440. The Morgan fingerprint density at radius 1 is 1.42 bits per heavy atom. The third kappa shape index (κ3) is 2.96. The van der Waals surface area contributed by atoms with Crippen molar-refractivity contribution in [3.8, 4) is 0 Å². The Morgan fingerprint density at radius 2 is 2.16 bits per heavy atom. The predicted molar refractivity (Wildman–Crippen MR) is 72.0 cm³/mol. The average molecular weight is 286 g/mol. The van der Waals surface area contributed by atoms with Gasteiger partial charge in [0.1, 0.15) is 5.82 Å². The number of rotatable bonds is 3. The van der Waals surface area contributed by atoms with Gasteiger partial charge in [-0.25, -0.2) is 12.8 Å². The highest BCUT2D eigenvalue weighted by Crippen LogP contribution is 2.23. The molecule has 4 nitrogen and oxygen atoms in total. The van der Waals surface area contributed by atoms with Gasteiger partial charge in [-0.3, -0.25) is 0 Å². The van der Waals surface area contributed by atoms with Crippen LogP contribution in [0.25, 0.3) is 0 Å². The second-order valence-electron chi connectivity index (χ2n) is 4.93. The fourth-order valence-electron chi connectivity index (χ4n) is 2.40. The molecule has 1 aromatic rings. The number of likely N-dealkylation sites (N-methyl/N-ethyl adjacent to an activating group) is 1. The Hall–Kier alpha value is -0.980. The van der Waals surface area contributed by atoms with E-state index >= 15 is 0 Å². The van der Waals surface area contributed by atoms with Crippen molar-refractivity contribution < 1.29 is 12.8 Å². The standard InChI is InChI=1S/C13H19FN2O2S/c1-10-8-11(14)5-6-13(10)19(17,18)16(2)12-4-3-7-15-9-12/h5-6,8,12,15H,3-4,7,9H2,1-2H3. The van der Waals surface area contributed by atoms with Crippen molar-refractivity contribution in [1.82, 2.24) is 9.62 Å². The van der Waals surface area contributed by atoms with E-state index in [1.165, 1.54) is 22.5 Å². The van der Waals surface area contributed by atoms with Gasteiger partial charge in [0.15, 0.2) is 0 Å². The first-order chi connectivity index (χ1) is 8.93. The fraction of sp³-hybridized carbons (Fsp3) is 0.538. The summed E-state index contributed by atoms with van der Waals surface area (Å²) in [4.78, 5) is 0.182. The first-order valence-electron chi connectivity index (χ1n) is 6.38. The summed E-state index contributed by atoms with van der Waals surface area (Å²) >= 11 is 0. The Bertz CT molecular complexity index is 554. The zero-order chi connectivity index (χ0) is 14.0. The van der Waals surface area contributed by atoms with E-state index in [0.29, 0.717) is 12.1 Å². The number of nitrogens with zero attached hydrogens (tertiary/aromatic N) is 1. The normalized spacial score (nSPS) is 20.7. The molecule has 0 bridgehead atoms. The number of hydrogen-bond acceptors (Lipinski definition) is 3. The van der Waals surface area contributed by atoms with Crippen molar-refractivity contribution >= 4 is 10.0 Å². The lowest BCUT2D eigenvalue weighted by Crippen LogP contribution is -2.46. The highest BCUT2D eigenvalue weighted by Gasteiger charge is 2.30.